The van der Waals surface area contributed by atoms with Crippen LogP contribution in [0, 0.1) is 12.7 Å². The highest BCUT2D eigenvalue weighted by atomic mass is 19.1. The number of anilines is 2. The lowest BCUT2D eigenvalue weighted by Crippen LogP contribution is -2.32. The Kier molecular flexibility index (Phi) is 5.22. The average molecular weight is 407 g/mol. The van der Waals surface area contributed by atoms with Gasteiger partial charge in [0.15, 0.2) is 0 Å². The van der Waals surface area contributed by atoms with E-state index in [9.17, 15) is 9.18 Å². The molecule has 0 saturated heterocycles. The molecule has 30 heavy (non-hydrogen) atoms. The molecule has 0 spiro atoms. The highest BCUT2D eigenvalue weighted by molar-refractivity contribution is 6.06. The minimum absolute atomic E-state index is 0.313. The third-order valence-electron chi connectivity index (χ3n) is 4.99. The van der Waals surface area contributed by atoms with E-state index in [1.807, 2.05) is 38.1 Å². The third-order valence-corrected chi connectivity index (χ3v) is 4.99. The van der Waals surface area contributed by atoms with Crippen LogP contribution >= 0.6 is 0 Å². The summed E-state index contributed by atoms with van der Waals surface area (Å²) in [4.78, 5) is 17.6. The third kappa shape index (κ3) is 3.52. The molecule has 0 unspecified atom stereocenters. The maximum Gasteiger partial charge on any atom is 0.255 e. The van der Waals surface area contributed by atoms with Crippen molar-refractivity contribution in [2.45, 2.75) is 26.8 Å². The van der Waals surface area contributed by atoms with Crippen molar-refractivity contribution in [3.63, 3.8) is 0 Å². The van der Waals surface area contributed by atoms with Gasteiger partial charge in [0.1, 0.15) is 23.9 Å². The van der Waals surface area contributed by atoms with Crippen molar-refractivity contribution in [2.75, 3.05) is 17.2 Å². The Morgan fingerprint density at radius 1 is 1.27 bits per heavy atom. The van der Waals surface area contributed by atoms with Gasteiger partial charge in [0.2, 0.25) is 5.95 Å². The predicted molar refractivity (Wildman–Crippen MR) is 112 cm³/mol. The van der Waals surface area contributed by atoms with Crippen LogP contribution in [-0.4, -0.2) is 27.3 Å². The molecule has 0 aliphatic carbocycles. The van der Waals surface area contributed by atoms with E-state index in [0.29, 0.717) is 40.8 Å². The van der Waals surface area contributed by atoms with Gasteiger partial charge in [-0.2, -0.15) is 10.1 Å². The summed E-state index contributed by atoms with van der Waals surface area (Å²) in [6, 6.07) is 11.3. The maximum absolute atomic E-state index is 13.5. The van der Waals surface area contributed by atoms with Crippen LogP contribution < -0.4 is 15.4 Å². The van der Waals surface area contributed by atoms with Crippen molar-refractivity contribution in [2.24, 2.45) is 0 Å². The van der Waals surface area contributed by atoms with E-state index in [4.69, 9.17) is 4.74 Å². The SMILES string of the molecule is CCOc1ccccc1[C@H]1C(C(=O)Nc2ccc(F)cc2C)=C(C)Nc2ncnn21. The summed E-state index contributed by atoms with van der Waals surface area (Å²) in [5.41, 5.74) is 3.11. The van der Waals surface area contributed by atoms with E-state index in [-0.39, 0.29) is 11.7 Å². The average Bonchev–Trinajstić information content (AvgIpc) is 3.18. The smallest absolute Gasteiger partial charge is 0.255 e. The molecule has 7 nitrogen and oxygen atoms in total. The van der Waals surface area contributed by atoms with Gasteiger partial charge < -0.3 is 15.4 Å². The number of carbonyl (C=O) groups is 1. The zero-order chi connectivity index (χ0) is 21.3. The molecule has 2 N–H and O–H groups in total. The first-order chi connectivity index (χ1) is 14.5. The van der Waals surface area contributed by atoms with Crippen molar-refractivity contribution < 1.29 is 13.9 Å². The fraction of sp³-hybridized carbons (Fsp3) is 0.227. The van der Waals surface area contributed by atoms with Crippen LogP contribution in [0.1, 0.15) is 31.0 Å². The van der Waals surface area contributed by atoms with Crippen LogP contribution in [0.3, 0.4) is 0 Å². The number of ether oxygens (including phenoxy) is 1. The Morgan fingerprint density at radius 2 is 2.07 bits per heavy atom. The van der Waals surface area contributed by atoms with E-state index in [2.05, 4.69) is 20.7 Å². The summed E-state index contributed by atoms with van der Waals surface area (Å²) >= 11 is 0. The number of aryl methyl sites for hydroxylation is 1. The van der Waals surface area contributed by atoms with E-state index in [1.165, 1.54) is 18.5 Å². The van der Waals surface area contributed by atoms with Crippen molar-refractivity contribution in [3.05, 3.63) is 77.0 Å². The van der Waals surface area contributed by atoms with E-state index < -0.39 is 6.04 Å². The van der Waals surface area contributed by atoms with Gasteiger partial charge in [0.05, 0.1) is 12.2 Å². The molecule has 2 aromatic carbocycles. The normalized spacial score (nSPS) is 15.4. The van der Waals surface area contributed by atoms with Crippen molar-refractivity contribution in [3.8, 4) is 5.75 Å². The van der Waals surface area contributed by atoms with E-state index in [1.54, 1.807) is 17.7 Å². The molecule has 2 heterocycles. The number of nitrogens with one attached hydrogen (secondary N) is 2. The number of carbonyl (C=O) groups excluding carboxylic acids is 1. The molecule has 1 aliphatic heterocycles. The molecule has 0 fully saturated rings. The number of benzene rings is 2. The number of amides is 1. The molecular formula is C22H22FN5O2. The quantitative estimate of drug-likeness (QED) is 0.667. The highest BCUT2D eigenvalue weighted by Crippen LogP contribution is 2.39. The minimum Gasteiger partial charge on any atom is -0.494 e. The standard InChI is InChI=1S/C22H22FN5O2/c1-4-30-18-8-6-5-7-16(18)20-19(14(3)26-22-24-12-25-28(20)22)21(29)27-17-10-9-15(23)11-13(17)2/h5-12,20H,4H2,1-3H3,(H,27,29)(H,24,25,26)/t20-/m0/s1. The molecule has 8 heteroatoms. The Morgan fingerprint density at radius 3 is 2.83 bits per heavy atom. The van der Waals surface area contributed by atoms with E-state index in [0.717, 1.165) is 5.56 Å². The number of halogens is 1. The van der Waals surface area contributed by atoms with Crippen molar-refractivity contribution in [1.29, 1.82) is 0 Å². The summed E-state index contributed by atoms with van der Waals surface area (Å²) in [6.45, 7) is 5.97. The summed E-state index contributed by atoms with van der Waals surface area (Å²) in [5.74, 6) is 0.547. The number of fused-ring (bicyclic) bond motifs is 1. The first-order valence-corrected chi connectivity index (χ1v) is 9.66. The highest BCUT2D eigenvalue weighted by Gasteiger charge is 2.35. The van der Waals surface area contributed by atoms with Gasteiger partial charge in [-0.1, -0.05) is 18.2 Å². The second kappa shape index (κ2) is 7.98. The fourth-order valence-electron chi connectivity index (χ4n) is 3.62. The van der Waals surface area contributed by atoms with Gasteiger partial charge in [-0.3, -0.25) is 4.79 Å². The lowest BCUT2D eigenvalue weighted by Gasteiger charge is -2.29. The number of rotatable bonds is 5. The second-order valence-corrected chi connectivity index (χ2v) is 6.98. The number of hydrogen-bond acceptors (Lipinski definition) is 5. The number of allylic oxidation sites excluding steroid dienone is 1. The van der Waals surface area contributed by atoms with E-state index >= 15 is 0 Å². The molecule has 0 saturated carbocycles. The number of nitrogens with zero attached hydrogens (tertiary/aromatic N) is 3. The molecule has 3 aromatic rings. The van der Waals surface area contributed by atoms with Gasteiger partial charge in [-0.05, 0) is 50.6 Å². The monoisotopic (exact) mass is 407 g/mol. The Labute approximate surface area is 173 Å². The van der Waals surface area contributed by atoms with Crippen LogP contribution in [0.4, 0.5) is 16.0 Å². The van der Waals surface area contributed by atoms with Gasteiger partial charge in [0, 0.05) is 16.9 Å². The largest absolute Gasteiger partial charge is 0.494 e. The molecule has 4 rings (SSSR count). The first kappa shape index (κ1) is 19.6. The molecule has 1 aliphatic rings. The lowest BCUT2D eigenvalue weighted by molar-refractivity contribution is -0.113. The Balaban J connectivity index is 1.79. The van der Waals surface area contributed by atoms with Crippen molar-refractivity contribution in [1.82, 2.24) is 14.8 Å². The van der Waals surface area contributed by atoms with Crippen LogP contribution in [0.25, 0.3) is 0 Å². The predicted octanol–water partition coefficient (Wildman–Crippen LogP) is 4.05. The number of hydrogen-bond donors (Lipinski definition) is 2. The van der Waals surface area contributed by atoms with Crippen LogP contribution in [-0.2, 0) is 4.79 Å². The summed E-state index contributed by atoms with van der Waals surface area (Å²) in [6.07, 6.45) is 1.44. The molecule has 1 aromatic heterocycles. The van der Waals surface area contributed by atoms with Crippen molar-refractivity contribution >= 4 is 17.5 Å². The molecule has 0 bridgehead atoms. The second-order valence-electron chi connectivity index (χ2n) is 6.98. The van der Waals surface area contributed by atoms with Crippen LogP contribution in [0.15, 0.2) is 60.1 Å². The molecule has 1 atom stereocenters. The van der Waals surface area contributed by atoms with Gasteiger partial charge in [0.25, 0.3) is 5.91 Å². The molecule has 154 valence electrons. The maximum atomic E-state index is 13.5. The minimum atomic E-state index is -0.535. The lowest BCUT2D eigenvalue weighted by atomic mass is 9.94. The molecule has 1 amide bonds. The summed E-state index contributed by atoms with van der Waals surface area (Å²) < 4.78 is 20.9. The van der Waals surface area contributed by atoms with Gasteiger partial charge >= 0.3 is 0 Å². The number of aromatic nitrogens is 3. The molecular weight excluding hydrogens is 385 g/mol. The number of para-hydroxylation sites is 1. The van der Waals surface area contributed by atoms with Crippen LogP contribution in [0.5, 0.6) is 5.75 Å². The zero-order valence-electron chi connectivity index (χ0n) is 16.9. The summed E-state index contributed by atoms with van der Waals surface area (Å²) in [5, 5.41) is 10.4. The van der Waals surface area contributed by atoms with Gasteiger partial charge in [-0.25, -0.2) is 9.07 Å². The van der Waals surface area contributed by atoms with Gasteiger partial charge in [-0.15, -0.1) is 0 Å². The fourth-order valence-corrected chi connectivity index (χ4v) is 3.62. The van der Waals surface area contributed by atoms with Crippen LogP contribution in [0.2, 0.25) is 0 Å². The Hall–Kier alpha value is -3.68. The Bertz CT molecular complexity index is 1140. The first-order valence-electron chi connectivity index (χ1n) is 9.66. The zero-order valence-corrected chi connectivity index (χ0v) is 16.9. The summed E-state index contributed by atoms with van der Waals surface area (Å²) in [7, 11) is 0. The molecule has 0 radical (unpaired) electrons. The topological polar surface area (TPSA) is 81.1 Å².